The van der Waals surface area contributed by atoms with Crippen molar-refractivity contribution in [1.29, 1.82) is 0 Å². The van der Waals surface area contributed by atoms with E-state index in [9.17, 15) is 4.79 Å². The third-order valence-electron chi connectivity index (χ3n) is 2.50. The first-order valence-electron chi connectivity index (χ1n) is 4.76. The molecular formula is C9H18N2O3. The summed E-state index contributed by atoms with van der Waals surface area (Å²) in [5.41, 5.74) is 5.06. The molecule has 0 radical (unpaired) electrons. The summed E-state index contributed by atoms with van der Waals surface area (Å²) in [5, 5.41) is 2.75. The van der Waals surface area contributed by atoms with Gasteiger partial charge in [0.25, 0.3) is 0 Å². The number of nitrogens with two attached hydrogens (primary N) is 1. The molecule has 1 saturated heterocycles. The average Bonchev–Trinajstić information content (AvgIpc) is 2.63. The van der Waals surface area contributed by atoms with E-state index in [2.05, 4.69) is 5.32 Å². The molecule has 1 aliphatic rings. The van der Waals surface area contributed by atoms with Gasteiger partial charge in [-0.2, -0.15) is 0 Å². The van der Waals surface area contributed by atoms with E-state index >= 15 is 0 Å². The molecule has 0 aromatic heterocycles. The van der Waals surface area contributed by atoms with E-state index in [0.717, 1.165) is 6.42 Å². The molecule has 0 spiro atoms. The topological polar surface area (TPSA) is 73.6 Å². The van der Waals surface area contributed by atoms with Crippen molar-refractivity contribution in [2.24, 2.45) is 5.73 Å². The number of carbonyl (C=O) groups is 1. The van der Waals surface area contributed by atoms with Crippen LogP contribution in [0.5, 0.6) is 0 Å². The van der Waals surface area contributed by atoms with Crippen molar-refractivity contribution in [3.63, 3.8) is 0 Å². The predicted molar refractivity (Wildman–Crippen MR) is 51.8 cm³/mol. The van der Waals surface area contributed by atoms with Gasteiger partial charge in [0.15, 0.2) is 0 Å². The number of amides is 1. The van der Waals surface area contributed by atoms with Crippen LogP contribution in [0.15, 0.2) is 0 Å². The van der Waals surface area contributed by atoms with Gasteiger partial charge < -0.3 is 20.5 Å². The van der Waals surface area contributed by atoms with Gasteiger partial charge in [0.1, 0.15) is 5.60 Å². The first-order valence-corrected chi connectivity index (χ1v) is 4.76. The Labute approximate surface area is 83.9 Å². The van der Waals surface area contributed by atoms with Crippen LogP contribution in [0.1, 0.15) is 13.3 Å². The Morgan fingerprint density at radius 2 is 2.50 bits per heavy atom. The molecule has 1 fully saturated rings. The summed E-state index contributed by atoms with van der Waals surface area (Å²) < 4.78 is 10.6. The Balaban J connectivity index is 2.38. The van der Waals surface area contributed by atoms with Crippen molar-refractivity contribution in [1.82, 2.24) is 5.32 Å². The molecule has 1 heterocycles. The van der Waals surface area contributed by atoms with Gasteiger partial charge in [-0.05, 0) is 6.92 Å². The number of rotatable bonds is 4. The molecule has 5 heteroatoms. The van der Waals surface area contributed by atoms with Gasteiger partial charge in [0.05, 0.1) is 12.6 Å². The summed E-state index contributed by atoms with van der Waals surface area (Å²) in [6, 6.07) is -0.480. The van der Waals surface area contributed by atoms with Crippen molar-refractivity contribution in [3.8, 4) is 0 Å². The van der Waals surface area contributed by atoms with Crippen LogP contribution in [0.2, 0.25) is 0 Å². The lowest BCUT2D eigenvalue weighted by atomic mass is 10.0. The fraction of sp³-hybridized carbons (Fsp3) is 0.889. The van der Waals surface area contributed by atoms with E-state index < -0.39 is 6.04 Å². The minimum absolute atomic E-state index is 0.159. The average molecular weight is 202 g/mol. The summed E-state index contributed by atoms with van der Waals surface area (Å²) in [5.74, 6) is -0.159. The Bertz CT molecular complexity index is 200. The highest BCUT2D eigenvalue weighted by atomic mass is 16.5. The van der Waals surface area contributed by atoms with Crippen molar-refractivity contribution < 1.29 is 14.3 Å². The van der Waals surface area contributed by atoms with Crippen LogP contribution in [0.3, 0.4) is 0 Å². The Hall–Kier alpha value is -0.650. The summed E-state index contributed by atoms with van der Waals surface area (Å²) in [7, 11) is 1.63. The second kappa shape index (κ2) is 4.72. The lowest BCUT2D eigenvalue weighted by Crippen LogP contribution is -2.48. The highest BCUT2D eigenvalue weighted by Gasteiger charge is 2.35. The van der Waals surface area contributed by atoms with Gasteiger partial charge in [-0.3, -0.25) is 4.79 Å². The number of nitrogens with one attached hydrogen (secondary N) is 1. The molecule has 1 unspecified atom stereocenters. The first kappa shape index (κ1) is 11.4. The van der Waals surface area contributed by atoms with Crippen LogP contribution >= 0.6 is 0 Å². The minimum atomic E-state index is -0.480. The molecule has 1 aliphatic heterocycles. The zero-order valence-electron chi connectivity index (χ0n) is 8.71. The normalized spacial score (nSPS) is 28.8. The van der Waals surface area contributed by atoms with Crippen LogP contribution in [-0.2, 0) is 14.3 Å². The van der Waals surface area contributed by atoms with Gasteiger partial charge in [-0.1, -0.05) is 0 Å². The molecule has 1 rings (SSSR count). The van der Waals surface area contributed by atoms with E-state index in [1.165, 1.54) is 0 Å². The highest BCUT2D eigenvalue weighted by Crippen LogP contribution is 2.21. The summed E-state index contributed by atoms with van der Waals surface area (Å²) in [6.45, 7) is 3.33. The maximum Gasteiger partial charge on any atom is 0.236 e. The SMILES string of the molecule is COC1(CNC(=O)[C@H](C)N)CCOC1. The Kier molecular flexibility index (Phi) is 3.86. The fourth-order valence-corrected chi connectivity index (χ4v) is 1.37. The summed E-state index contributed by atoms with van der Waals surface area (Å²) >= 11 is 0. The maximum atomic E-state index is 11.2. The largest absolute Gasteiger partial charge is 0.378 e. The monoisotopic (exact) mass is 202 g/mol. The van der Waals surface area contributed by atoms with Crippen molar-refractivity contribution in [3.05, 3.63) is 0 Å². The molecule has 82 valence electrons. The van der Waals surface area contributed by atoms with Crippen LogP contribution < -0.4 is 11.1 Å². The molecule has 0 aliphatic carbocycles. The second-order valence-corrected chi connectivity index (χ2v) is 3.70. The Morgan fingerprint density at radius 1 is 1.79 bits per heavy atom. The van der Waals surface area contributed by atoms with Gasteiger partial charge in [-0.15, -0.1) is 0 Å². The van der Waals surface area contributed by atoms with Crippen LogP contribution in [-0.4, -0.2) is 44.4 Å². The van der Waals surface area contributed by atoms with Crippen molar-refractivity contribution in [2.45, 2.75) is 25.0 Å². The zero-order chi connectivity index (χ0) is 10.6. The standard InChI is InChI=1S/C9H18N2O3/c1-7(10)8(12)11-5-9(13-2)3-4-14-6-9/h7H,3-6,10H2,1-2H3,(H,11,12)/t7-,9?/m0/s1. The van der Waals surface area contributed by atoms with E-state index in [1.54, 1.807) is 14.0 Å². The molecule has 2 atom stereocenters. The lowest BCUT2D eigenvalue weighted by molar-refractivity contribution is -0.123. The highest BCUT2D eigenvalue weighted by molar-refractivity contribution is 5.81. The van der Waals surface area contributed by atoms with Crippen molar-refractivity contribution in [2.75, 3.05) is 26.9 Å². The van der Waals surface area contributed by atoms with Gasteiger partial charge in [0.2, 0.25) is 5.91 Å². The molecule has 0 aromatic carbocycles. The van der Waals surface area contributed by atoms with Crippen LogP contribution in [0.4, 0.5) is 0 Å². The van der Waals surface area contributed by atoms with E-state index in [4.69, 9.17) is 15.2 Å². The smallest absolute Gasteiger partial charge is 0.236 e. The lowest BCUT2D eigenvalue weighted by Gasteiger charge is -2.26. The number of ether oxygens (including phenoxy) is 2. The second-order valence-electron chi connectivity index (χ2n) is 3.70. The number of hydrogen-bond acceptors (Lipinski definition) is 4. The number of carbonyl (C=O) groups excluding carboxylic acids is 1. The maximum absolute atomic E-state index is 11.2. The summed E-state index contributed by atoms with van der Waals surface area (Å²) in [4.78, 5) is 11.2. The minimum Gasteiger partial charge on any atom is -0.378 e. The molecule has 0 bridgehead atoms. The zero-order valence-corrected chi connectivity index (χ0v) is 8.71. The molecule has 5 nitrogen and oxygen atoms in total. The third-order valence-corrected chi connectivity index (χ3v) is 2.50. The van der Waals surface area contributed by atoms with Crippen molar-refractivity contribution >= 4 is 5.91 Å². The Morgan fingerprint density at radius 3 is 2.93 bits per heavy atom. The van der Waals surface area contributed by atoms with Gasteiger partial charge in [0, 0.05) is 26.7 Å². The van der Waals surface area contributed by atoms with Gasteiger partial charge in [-0.25, -0.2) is 0 Å². The molecule has 0 saturated carbocycles. The predicted octanol–water partition coefficient (Wildman–Crippen LogP) is -0.745. The van der Waals surface area contributed by atoms with E-state index in [1.807, 2.05) is 0 Å². The third kappa shape index (κ3) is 2.67. The number of methoxy groups -OCH3 is 1. The number of hydrogen-bond donors (Lipinski definition) is 2. The van der Waals surface area contributed by atoms with Gasteiger partial charge >= 0.3 is 0 Å². The van der Waals surface area contributed by atoms with E-state index in [0.29, 0.717) is 19.8 Å². The van der Waals surface area contributed by atoms with Crippen LogP contribution in [0.25, 0.3) is 0 Å². The summed E-state index contributed by atoms with van der Waals surface area (Å²) in [6.07, 6.45) is 0.808. The fourth-order valence-electron chi connectivity index (χ4n) is 1.37. The molecule has 14 heavy (non-hydrogen) atoms. The molecular weight excluding hydrogens is 184 g/mol. The van der Waals surface area contributed by atoms with Crippen LogP contribution in [0, 0.1) is 0 Å². The molecule has 0 aromatic rings. The quantitative estimate of drug-likeness (QED) is 0.629. The molecule has 3 N–H and O–H groups in total. The first-order chi connectivity index (χ1) is 6.59. The van der Waals surface area contributed by atoms with E-state index in [-0.39, 0.29) is 11.5 Å². The molecule has 1 amide bonds.